The van der Waals surface area contributed by atoms with E-state index in [1.165, 1.54) is 16.9 Å². The van der Waals surface area contributed by atoms with Gasteiger partial charge in [-0.2, -0.15) is 0 Å². The molecule has 1 saturated carbocycles. The van der Waals surface area contributed by atoms with Gasteiger partial charge in [-0.25, -0.2) is 0 Å². The Labute approximate surface area is 131 Å². The van der Waals surface area contributed by atoms with Crippen LogP contribution in [0.3, 0.4) is 0 Å². The molecule has 0 aliphatic heterocycles. The van der Waals surface area contributed by atoms with E-state index >= 15 is 0 Å². The number of aliphatic hydroxyl groups is 1. The quantitative estimate of drug-likeness (QED) is 0.931. The third kappa shape index (κ3) is 3.16. The minimum absolute atomic E-state index is 0.0716. The number of likely N-dealkylation sites (N-methyl/N-ethyl adjacent to an activating group) is 1. The fourth-order valence-electron chi connectivity index (χ4n) is 3.70. The van der Waals surface area contributed by atoms with Gasteiger partial charge in [0, 0.05) is 18.5 Å². The first kappa shape index (κ1) is 15.0. The normalized spacial score (nSPS) is 23.9. The van der Waals surface area contributed by atoms with Gasteiger partial charge in [-0.05, 0) is 49.7 Å². The molecule has 3 nitrogen and oxygen atoms in total. The van der Waals surface area contributed by atoms with Gasteiger partial charge in [0.05, 0.1) is 10.5 Å². The molecule has 21 heavy (non-hydrogen) atoms. The molecule has 4 heteroatoms. The molecule has 0 aromatic carbocycles. The lowest BCUT2D eigenvalue weighted by Gasteiger charge is -2.28. The largest absolute Gasteiger partial charge is 0.388 e. The molecular weight excluding hydrogens is 282 g/mol. The lowest BCUT2D eigenvalue weighted by atomic mass is 9.90. The molecule has 1 heterocycles. The minimum Gasteiger partial charge on any atom is -0.388 e. The van der Waals surface area contributed by atoms with E-state index in [2.05, 4.69) is 13.0 Å². The Balaban J connectivity index is 1.70. The van der Waals surface area contributed by atoms with E-state index in [1.807, 2.05) is 7.05 Å². The maximum Gasteiger partial charge on any atom is 0.263 e. The zero-order valence-electron chi connectivity index (χ0n) is 13.0. The number of hydrogen-bond donors (Lipinski definition) is 1. The van der Waals surface area contributed by atoms with Crippen LogP contribution in [0, 0.1) is 5.92 Å². The lowest BCUT2D eigenvalue weighted by molar-refractivity contribution is 0.0158. The first-order valence-electron chi connectivity index (χ1n) is 8.06. The summed E-state index contributed by atoms with van der Waals surface area (Å²) in [6.07, 6.45) is 7.24. The van der Waals surface area contributed by atoms with E-state index in [-0.39, 0.29) is 5.91 Å². The molecule has 1 N–H and O–H groups in total. The van der Waals surface area contributed by atoms with Gasteiger partial charge in [-0.1, -0.05) is 19.8 Å². The summed E-state index contributed by atoms with van der Waals surface area (Å²) < 4.78 is 0. The van der Waals surface area contributed by atoms with Crippen molar-refractivity contribution < 1.29 is 9.90 Å². The second kappa shape index (κ2) is 5.73. The molecule has 0 bridgehead atoms. The average Bonchev–Trinajstić information content (AvgIpc) is 3.03. The van der Waals surface area contributed by atoms with Gasteiger partial charge in [0.25, 0.3) is 5.91 Å². The van der Waals surface area contributed by atoms with Crippen molar-refractivity contribution in [2.75, 3.05) is 13.6 Å². The number of rotatable bonds is 3. The summed E-state index contributed by atoms with van der Waals surface area (Å²) in [7, 11) is 1.82. The van der Waals surface area contributed by atoms with Crippen molar-refractivity contribution in [3.05, 3.63) is 21.4 Å². The molecule has 0 radical (unpaired) electrons. The SMILES string of the molecule is CC1CCc2sc(C(=O)N(C)CC3(O)CCCC3)cc2C1. The molecule has 2 aliphatic rings. The number of thiophene rings is 1. The van der Waals surface area contributed by atoms with Gasteiger partial charge in [-0.3, -0.25) is 4.79 Å². The molecule has 2 aliphatic carbocycles. The Hall–Kier alpha value is -0.870. The summed E-state index contributed by atoms with van der Waals surface area (Å²) >= 11 is 1.66. The van der Waals surface area contributed by atoms with Crippen molar-refractivity contribution >= 4 is 17.2 Å². The maximum absolute atomic E-state index is 12.6. The number of carbonyl (C=O) groups is 1. The molecule has 1 amide bonds. The molecule has 1 aromatic heterocycles. The van der Waals surface area contributed by atoms with Crippen molar-refractivity contribution in [3.63, 3.8) is 0 Å². The Kier molecular flexibility index (Phi) is 4.10. The first-order valence-corrected chi connectivity index (χ1v) is 8.88. The predicted molar refractivity (Wildman–Crippen MR) is 85.9 cm³/mol. The number of hydrogen-bond acceptors (Lipinski definition) is 3. The van der Waals surface area contributed by atoms with Gasteiger partial charge < -0.3 is 10.0 Å². The molecule has 1 fully saturated rings. The van der Waals surface area contributed by atoms with E-state index in [4.69, 9.17) is 0 Å². The summed E-state index contributed by atoms with van der Waals surface area (Å²) in [6, 6.07) is 2.09. The highest BCUT2D eigenvalue weighted by molar-refractivity contribution is 7.14. The monoisotopic (exact) mass is 307 g/mol. The van der Waals surface area contributed by atoms with Gasteiger partial charge in [0.2, 0.25) is 0 Å². The number of amides is 1. The van der Waals surface area contributed by atoms with Crippen LogP contribution >= 0.6 is 11.3 Å². The van der Waals surface area contributed by atoms with Crippen LogP contribution in [0.1, 0.15) is 59.1 Å². The maximum atomic E-state index is 12.6. The predicted octanol–water partition coefficient (Wildman–Crippen LogP) is 3.25. The smallest absolute Gasteiger partial charge is 0.263 e. The highest BCUT2D eigenvalue weighted by Gasteiger charge is 2.34. The van der Waals surface area contributed by atoms with Crippen LogP contribution < -0.4 is 0 Å². The summed E-state index contributed by atoms with van der Waals surface area (Å²) in [5, 5.41) is 10.5. The summed E-state index contributed by atoms with van der Waals surface area (Å²) in [5.41, 5.74) is 0.713. The van der Waals surface area contributed by atoms with Crippen LogP contribution in [0.25, 0.3) is 0 Å². The minimum atomic E-state index is -0.657. The first-order chi connectivity index (χ1) is 9.97. The standard InChI is InChI=1S/C17H25NO2S/c1-12-5-6-14-13(9-12)10-15(21-14)16(19)18(2)11-17(20)7-3-4-8-17/h10,12,20H,3-9,11H2,1-2H3. The second-order valence-corrected chi connectivity index (χ2v) is 8.14. The number of aryl methyl sites for hydroxylation is 1. The molecule has 1 unspecified atom stereocenters. The van der Waals surface area contributed by atoms with Crippen LogP contribution in [-0.2, 0) is 12.8 Å². The van der Waals surface area contributed by atoms with Crippen LogP contribution in [0.2, 0.25) is 0 Å². The van der Waals surface area contributed by atoms with Crippen LogP contribution in [-0.4, -0.2) is 35.1 Å². The van der Waals surface area contributed by atoms with Crippen LogP contribution in [0.4, 0.5) is 0 Å². The second-order valence-electron chi connectivity index (χ2n) is 7.00. The van der Waals surface area contributed by atoms with E-state index in [1.54, 1.807) is 16.2 Å². The molecule has 1 aromatic rings. The van der Waals surface area contributed by atoms with Gasteiger partial charge >= 0.3 is 0 Å². The Morgan fingerprint density at radius 2 is 2.19 bits per heavy atom. The summed E-state index contributed by atoms with van der Waals surface area (Å²) in [4.78, 5) is 16.6. The van der Waals surface area contributed by atoms with Crippen LogP contribution in [0.15, 0.2) is 6.07 Å². The van der Waals surface area contributed by atoms with E-state index in [0.717, 1.165) is 49.3 Å². The van der Waals surface area contributed by atoms with Crippen molar-refractivity contribution in [1.82, 2.24) is 4.90 Å². The highest BCUT2D eigenvalue weighted by atomic mass is 32.1. The van der Waals surface area contributed by atoms with Crippen molar-refractivity contribution in [2.24, 2.45) is 5.92 Å². The van der Waals surface area contributed by atoms with Crippen molar-refractivity contribution in [1.29, 1.82) is 0 Å². The molecule has 116 valence electrons. The van der Waals surface area contributed by atoms with Crippen molar-refractivity contribution in [3.8, 4) is 0 Å². The van der Waals surface area contributed by atoms with Gasteiger partial charge in [0.15, 0.2) is 0 Å². The van der Waals surface area contributed by atoms with E-state index in [9.17, 15) is 9.90 Å². The fourth-order valence-corrected chi connectivity index (χ4v) is 4.91. The number of nitrogens with zero attached hydrogens (tertiary/aromatic N) is 1. The van der Waals surface area contributed by atoms with Gasteiger partial charge in [-0.15, -0.1) is 11.3 Å². The molecule has 1 atom stereocenters. The average molecular weight is 307 g/mol. The van der Waals surface area contributed by atoms with E-state index in [0.29, 0.717) is 6.54 Å². The molecular formula is C17H25NO2S. The van der Waals surface area contributed by atoms with Crippen molar-refractivity contribution in [2.45, 2.75) is 57.5 Å². The molecule has 0 saturated heterocycles. The Morgan fingerprint density at radius 3 is 2.90 bits per heavy atom. The topological polar surface area (TPSA) is 40.5 Å². The van der Waals surface area contributed by atoms with Crippen LogP contribution in [0.5, 0.6) is 0 Å². The third-order valence-corrected chi connectivity index (χ3v) is 6.18. The summed E-state index contributed by atoms with van der Waals surface area (Å²) in [6.45, 7) is 2.74. The lowest BCUT2D eigenvalue weighted by Crippen LogP contribution is -2.41. The summed E-state index contributed by atoms with van der Waals surface area (Å²) in [5.74, 6) is 0.800. The Bertz CT molecular complexity index is 531. The fraction of sp³-hybridized carbons (Fsp3) is 0.706. The zero-order valence-corrected chi connectivity index (χ0v) is 13.8. The third-order valence-electron chi connectivity index (χ3n) is 4.95. The van der Waals surface area contributed by atoms with Gasteiger partial charge in [0.1, 0.15) is 0 Å². The molecule has 3 rings (SSSR count). The Morgan fingerprint density at radius 1 is 1.48 bits per heavy atom. The van der Waals surface area contributed by atoms with E-state index < -0.39 is 5.60 Å². The zero-order chi connectivity index (χ0) is 15.0. The number of carbonyl (C=O) groups excluding carboxylic acids is 1. The number of fused-ring (bicyclic) bond motifs is 1. The highest BCUT2D eigenvalue weighted by Crippen LogP contribution is 2.34. The molecule has 0 spiro atoms.